The van der Waals surface area contributed by atoms with Gasteiger partial charge in [0, 0.05) is 6.42 Å². The monoisotopic (exact) mass is 476 g/mol. The molecular weight excluding hydrogens is 456 g/mol. The van der Waals surface area contributed by atoms with E-state index in [2.05, 4.69) is 11.6 Å². The number of hydrogen-bond donors (Lipinski definition) is 0. The molecule has 0 aliphatic heterocycles. The van der Waals surface area contributed by atoms with E-state index in [-0.39, 0.29) is 13.2 Å². The molecule has 1 rings (SSSR count). The van der Waals surface area contributed by atoms with Crippen LogP contribution in [0, 0.1) is 17.3 Å². The molecule has 0 unspecified atom stereocenters. The topological polar surface area (TPSA) is 52.6 Å². The molecule has 2 atom stereocenters. The van der Waals surface area contributed by atoms with E-state index in [1.807, 2.05) is 0 Å². The zero-order valence-corrected chi connectivity index (χ0v) is 17.0. The van der Waals surface area contributed by atoms with Gasteiger partial charge in [-0.05, 0) is 50.1 Å². The molecule has 1 fully saturated rings. The largest absolute Gasteiger partial charge is 0.465 e. The Hall–Kier alpha value is -1.33. The fraction of sp³-hybridized carbons (Fsp3) is 0.882. The summed E-state index contributed by atoms with van der Waals surface area (Å²) in [6, 6.07) is 0. The molecule has 0 radical (unpaired) electrons. The highest BCUT2D eigenvalue weighted by molar-refractivity contribution is 6.22. The Bertz CT molecular complexity index is 632. The van der Waals surface area contributed by atoms with Crippen molar-refractivity contribution >= 4 is 23.5 Å². The summed E-state index contributed by atoms with van der Waals surface area (Å²) in [6.07, 6.45) is -3.19. The number of hydrogen-bond acceptors (Lipinski definition) is 4. The van der Waals surface area contributed by atoms with Gasteiger partial charge in [0.2, 0.25) is 0 Å². The summed E-state index contributed by atoms with van der Waals surface area (Å²) in [6.45, 7) is 3.65. The van der Waals surface area contributed by atoms with Gasteiger partial charge in [-0.15, -0.1) is 0 Å². The first-order valence-electron chi connectivity index (χ1n) is 8.95. The third-order valence-corrected chi connectivity index (χ3v) is 5.38. The summed E-state index contributed by atoms with van der Waals surface area (Å²) in [7, 11) is 0. The van der Waals surface area contributed by atoms with Crippen molar-refractivity contribution in [3.63, 3.8) is 0 Å². The second kappa shape index (κ2) is 8.66. The van der Waals surface area contributed by atoms with Gasteiger partial charge in [0.05, 0.1) is 13.2 Å². The van der Waals surface area contributed by atoms with Crippen LogP contribution in [0.15, 0.2) is 0 Å². The Morgan fingerprint density at radius 2 is 1.33 bits per heavy atom. The van der Waals surface area contributed by atoms with E-state index >= 15 is 0 Å². The van der Waals surface area contributed by atoms with Gasteiger partial charge in [0.15, 0.2) is 5.41 Å². The number of esters is 2. The predicted octanol–water partition coefficient (Wildman–Crippen LogP) is 5.27. The van der Waals surface area contributed by atoms with E-state index in [1.54, 1.807) is 0 Å². The molecule has 0 aromatic rings. The van der Waals surface area contributed by atoms with Crippen LogP contribution in [0.1, 0.15) is 40.0 Å². The zero-order valence-electron chi connectivity index (χ0n) is 16.2. The van der Waals surface area contributed by atoms with E-state index in [0.717, 1.165) is 0 Å². The van der Waals surface area contributed by atoms with Crippen molar-refractivity contribution in [2.24, 2.45) is 17.3 Å². The summed E-state index contributed by atoms with van der Waals surface area (Å²) < 4.78 is 117. The Balaban J connectivity index is 3.24. The second-order valence-corrected chi connectivity index (χ2v) is 7.70. The Kier molecular flexibility index (Phi) is 7.71. The lowest BCUT2D eigenvalue weighted by Crippen LogP contribution is -2.61. The predicted molar refractivity (Wildman–Crippen MR) is 87.8 cm³/mol. The maximum absolute atomic E-state index is 14.1. The number of carbonyl (C=O) groups is 2. The Morgan fingerprint density at radius 1 is 0.900 bits per heavy atom. The highest BCUT2D eigenvalue weighted by atomic mass is 35.5. The molecule has 30 heavy (non-hydrogen) atoms. The van der Waals surface area contributed by atoms with Crippen molar-refractivity contribution < 1.29 is 54.2 Å². The zero-order chi connectivity index (χ0) is 23.8. The maximum Gasteiger partial charge on any atom is 0.392 e. The number of ether oxygens (including phenoxy) is 2. The summed E-state index contributed by atoms with van der Waals surface area (Å²) in [5.74, 6) is -23.6. The molecule has 1 aliphatic carbocycles. The molecule has 0 aromatic heterocycles. The SMILES string of the molecule is CCOC(=O)C1(C(=O)OCC)C[C@H](CC(F)(F)C(F)(F)C(F)(F)C(F)(F)Cl)[C@@H](C)C1. The first-order valence-corrected chi connectivity index (χ1v) is 9.33. The van der Waals surface area contributed by atoms with Crippen molar-refractivity contribution in [3.8, 4) is 0 Å². The summed E-state index contributed by atoms with van der Waals surface area (Å²) in [4.78, 5) is 24.7. The van der Waals surface area contributed by atoms with Gasteiger partial charge in [0.25, 0.3) is 0 Å². The highest BCUT2D eigenvalue weighted by Crippen LogP contribution is 2.58. The average Bonchev–Trinajstić information content (AvgIpc) is 2.91. The highest BCUT2D eigenvalue weighted by Gasteiger charge is 2.80. The third-order valence-electron chi connectivity index (χ3n) is 5.15. The minimum absolute atomic E-state index is 0.190. The average molecular weight is 477 g/mol. The van der Waals surface area contributed by atoms with Crippen LogP contribution in [-0.2, 0) is 19.1 Å². The molecule has 0 aromatic carbocycles. The van der Waals surface area contributed by atoms with Gasteiger partial charge in [0.1, 0.15) is 0 Å². The first kappa shape index (κ1) is 26.7. The molecular formula is C17H21ClF8O4. The van der Waals surface area contributed by atoms with E-state index < -0.39 is 71.6 Å². The van der Waals surface area contributed by atoms with Crippen molar-refractivity contribution in [3.05, 3.63) is 0 Å². The number of alkyl halides is 9. The van der Waals surface area contributed by atoms with E-state index in [9.17, 15) is 44.7 Å². The molecule has 0 spiro atoms. The van der Waals surface area contributed by atoms with Crippen LogP contribution in [0.3, 0.4) is 0 Å². The second-order valence-electron chi connectivity index (χ2n) is 7.22. The van der Waals surface area contributed by atoms with Crippen molar-refractivity contribution in [1.82, 2.24) is 0 Å². The molecule has 0 amide bonds. The normalized spacial score (nSPS) is 22.7. The van der Waals surface area contributed by atoms with Gasteiger partial charge in [-0.3, -0.25) is 9.59 Å². The Morgan fingerprint density at radius 3 is 1.70 bits per heavy atom. The molecule has 13 heteroatoms. The van der Waals surface area contributed by atoms with Gasteiger partial charge in [-0.2, -0.15) is 35.1 Å². The molecule has 0 heterocycles. The van der Waals surface area contributed by atoms with Crippen LogP contribution in [0.25, 0.3) is 0 Å². The summed E-state index contributed by atoms with van der Waals surface area (Å²) >= 11 is 3.94. The lowest BCUT2D eigenvalue weighted by molar-refractivity contribution is -0.351. The van der Waals surface area contributed by atoms with Crippen molar-refractivity contribution in [1.29, 1.82) is 0 Å². The van der Waals surface area contributed by atoms with Crippen LogP contribution in [0.4, 0.5) is 35.1 Å². The maximum atomic E-state index is 14.1. The number of carbonyl (C=O) groups excluding carboxylic acids is 2. The van der Waals surface area contributed by atoms with Crippen LogP contribution in [-0.4, -0.2) is 48.3 Å². The van der Waals surface area contributed by atoms with Crippen LogP contribution in [0.5, 0.6) is 0 Å². The Labute approximate surface area is 172 Å². The number of rotatable bonds is 9. The van der Waals surface area contributed by atoms with Crippen molar-refractivity contribution in [2.75, 3.05) is 13.2 Å². The molecule has 1 saturated carbocycles. The van der Waals surface area contributed by atoms with Crippen LogP contribution in [0.2, 0.25) is 0 Å². The first-order chi connectivity index (χ1) is 13.4. The van der Waals surface area contributed by atoms with E-state index in [0.29, 0.717) is 0 Å². The minimum Gasteiger partial charge on any atom is -0.465 e. The lowest BCUT2D eigenvalue weighted by Gasteiger charge is -2.36. The van der Waals surface area contributed by atoms with Gasteiger partial charge < -0.3 is 9.47 Å². The molecule has 0 N–H and O–H groups in total. The third kappa shape index (κ3) is 4.47. The van der Waals surface area contributed by atoms with Gasteiger partial charge in [-0.25, -0.2) is 0 Å². The summed E-state index contributed by atoms with van der Waals surface area (Å²) in [5.41, 5.74) is -2.10. The van der Waals surface area contributed by atoms with Crippen LogP contribution < -0.4 is 0 Å². The molecule has 1 aliphatic rings. The fourth-order valence-electron chi connectivity index (χ4n) is 3.54. The molecule has 0 saturated heterocycles. The molecule has 0 bridgehead atoms. The lowest BCUT2D eigenvalue weighted by atomic mass is 9.83. The van der Waals surface area contributed by atoms with Gasteiger partial charge >= 0.3 is 35.1 Å². The smallest absolute Gasteiger partial charge is 0.392 e. The van der Waals surface area contributed by atoms with E-state index in [4.69, 9.17) is 9.47 Å². The molecule has 4 nitrogen and oxygen atoms in total. The fourth-order valence-corrected chi connectivity index (χ4v) is 3.66. The van der Waals surface area contributed by atoms with Gasteiger partial charge in [-0.1, -0.05) is 6.92 Å². The van der Waals surface area contributed by atoms with E-state index in [1.165, 1.54) is 20.8 Å². The minimum atomic E-state index is -6.56. The van der Waals surface area contributed by atoms with Crippen LogP contribution >= 0.6 is 11.6 Å². The quantitative estimate of drug-likeness (QED) is 0.197. The standard InChI is InChI=1S/C17H21ClF8O4/c1-4-29-11(27)13(12(28)30-5-2)6-9(3)10(7-13)8-14(19,20)15(21,22)16(23,24)17(18,25)26/h9-10H,4-8H2,1-3H3/t9-,10+/m0/s1. The molecule has 176 valence electrons. The summed E-state index contributed by atoms with van der Waals surface area (Å²) in [5, 5.41) is -5.94. The van der Waals surface area contributed by atoms with Crippen molar-refractivity contribution in [2.45, 2.75) is 63.2 Å². The number of halogens is 9.